The molecular weight excluding hydrogens is 301 g/mol. The van der Waals surface area contributed by atoms with Crippen molar-refractivity contribution in [3.8, 4) is 0 Å². The summed E-state index contributed by atoms with van der Waals surface area (Å²) < 4.78 is 6.62. The Morgan fingerprint density at radius 2 is 1.93 bits per heavy atom. The minimum atomic E-state index is 0.323. The van der Waals surface area contributed by atoms with Gasteiger partial charge in [0, 0.05) is 16.5 Å². The van der Waals surface area contributed by atoms with E-state index in [9.17, 15) is 0 Å². The average molecular weight is 325 g/mol. The van der Waals surface area contributed by atoms with E-state index in [0.29, 0.717) is 17.6 Å². The first-order valence-corrected chi connectivity index (χ1v) is 7.52. The average Bonchev–Trinajstić information content (AvgIpc) is 2.10. The summed E-state index contributed by atoms with van der Waals surface area (Å²) in [6, 6.07) is 1.29. The quantitative estimate of drug-likeness (QED) is 0.550. The summed E-state index contributed by atoms with van der Waals surface area (Å²) in [7, 11) is 0. The molecule has 90 valence electrons. The third-order valence-corrected chi connectivity index (χ3v) is 4.70. The molecule has 1 saturated heterocycles. The van der Waals surface area contributed by atoms with Crippen LogP contribution < -0.4 is 0 Å². The summed E-state index contributed by atoms with van der Waals surface area (Å²) in [5.74, 6) is 0. The molecule has 0 aliphatic carbocycles. The Morgan fingerprint density at radius 1 is 1.33 bits per heavy atom. The number of alkyl halides is 1. The van der Waals surface area contributed by atoms with Crippen molar-refractivity contribution in [2.75, 3.05) is 17.6 Å². The largest absolute Gasteiger partial charge is 0.377 e. The summed E-state index contributed by atoms with van der Waals surface area (Å²) in [5, 5.41) is 0. The van der Waals surface area contributed by atoms with Crippen molar-refractivity contribution in [2.24, 2.45) is 0 Å². The summed E-state index contributed by atoms with van der Waals surface area (Å²) >= 11 is 2.51. The lowest BCUT2D eigenvalue weighted by Gasteiger charge is -2.53. The van der Waals surface area contributed by atoms with Crippen LogP contribution in [0.4, 0.5) is 0 Å². The maximum absolute atomic E-state index is 5.44. The van der Waals surface area contributed by atoms with Crippen molar-refractivity contribution < 1.29 is 4.74 Å². The van der Waals surface area contributed by atoms with E-state index < -0.39 is 0 Å². The SMILES string of the molecule is CCCC(C)N(C(C)C)C1(CI)COC1. The summed E-state index contributed by atoms with van der Waals surface area (Å²) in [5.41, 5.74) is 0.323. The third-order valence-electron chi connectivity index (χ3n) is 3.28. The van der Waals surface area contributed by atoms with Gasteiger partial charge >= 0.3 is 0 Å². The van der Waals surface area contributed by atoms with Gasteiger partial charge in [0.05, 0.1) is 18.8 Å². The van der Waals surface area contributed by atoms with Crippen LogP contribution in [0.25, 0.3) is 0 Å². The molecule has 1 heterocycles. The third kappa shape index (κ3) is 2.86. The van der Waals surface area contributed by atoms with Gasteiger partial charge in [-0.2, -0.15) is 0 Å². The molecule has 0 bridgehead atoms. The molecular formula is C12H24INO. The first-order chi connectivity index (χ1) is 7.07. The molecule has 0 radical (unpaired) electrons. The van der Waals surface area contributed by atoms with Gasteiger partial charge in [-0.05, 0) is 27.2 Å². The minimum absolute atomic E-state index is 0.323. The first kappa shape index (κ1) is 13.7. The molecule has 0 aromatic carbocycles. The molecule has 2 nitrogen and oxygen atoms in total. The molecule has 1 aliphatic heterocycles. The van der Waals surface area contributed by atoms with Gasteiger partial charge in [0.25, 0.3) is 0 Å². The lowest BCUT2D eigenvalue weighted by atomic mass is 9.92. The lowest BCUT2D eigenvalue weighted by Crippen LogP contribution is -2.67. The molecule has 1 aliphatic rings. The Balaban J connectivity index is 2.72. The van der Waals surface area contributed by atoms with Gasteiger partial charge < -0.3 is 4.74 Å². The number of hydrogen-bond acceptors (Lipinski definition) is 2. The highest BCUT2D eigenvalue weighted by molar-refractivity contribution is 14.1. The normalized spacial score (nSPS) is 21.8. The Labute approximate surface area is 108 Å². The van der Waals surface area contributed by atoms with E-state index in [1.807, 2.05) is 0 Å². The molecule has 1 unspecified atom stereocenters. The molecule has 3 heteroatoms. The highest BCUT2D eigenvalue weighted by Crippen LogP contribution is 2.32. The topological polar surface area (TPSA) is 12.5 Å². The summed E-state index contributed by atoms with van der Waals surface area (Å²) in [4.78, 5) is 2.67. The maximum atomic E-state index is 5.44. The molecule has 1 rings (SSSR count). The van der Waals surface area contributed by atoms with Gasteiger partial charge in [-0.1, -0.05) is 35.9 Å². The van der Waals surface area contributed by atoms with E-state index in [-0.39, 0.29) is 0 Å². The van der Waals surface area contributed by atoms with Gasteiger partial charge in [-0.25, -0.2) is 0 Å². The Kier molecular flexibility index (Phi) is 5.32. The number of nitrogens with zero attached hydrogens (tertiary/aromatic N) is 1. The smallest absolute Gasteiger partial charge is 0.0773 e. The van der Waals surface area contributed by atoms with Gasteiger partial charge in [0.1, 0.15) is 0 Å². The maximum Gasteiger partial charge on any atom is 0.0773 e. The van der Waals surface area contributed by atoms with Crippen molar-refractivity contribution >= 4 is 22.6 Å². The van der Waals surface area contributed by atoms with Crippen LogP contribution in [0, 0.1) is 0 Å². The molecule has 1 atom stereocenters. The number of halogens is 1. The van der Waals surface area contributed by atoms with Crippen molar-refractivity contribution in [3.63, 3.8) is 0 Å². The van der Waals surface area contributed by atoms with E-state index in [2.05, 4.69) is 55.2 Å². The molecule has 0 N–H and O–H groups in total. The molecule has 1 fully saturated rings. The second kappa shape index (κ2) is 5.82. The van der Waals surface area contributed by atoms with Crippen LogP contribution in [0.15, 0.2) is 0 Å². The number of hydrogen-bond donors (Lipinski definition) is 0. The van der Waals surface area contributed by atoms with Crippen LogP contribution in [-0.4, -0.2) is 40.2 Å². The van der Waals surface area contributed by atoms with Gasteiger partial charge in [-0.15, -0.1) is 0 Å². The van der Waals surface area contributed by atoms with Crippen LogP contribution in [0.1, 0.15) is 40.5 Å². The predicted molar refractivity (Wildman–Crippen MR) is 73.8 cm³/mol. The standard InChI is InChI=1S/C12H24INO/c1-5-6-11(4)14(10(2)3)12(7-13)8-15-9-12/h10-11H,5-9H2,1-4H3. The zero-order valence-electron chi connectivity index (χ0n) is 10.4. The summed E-state index contributed by atoms with van der Waals surface area (Å²) in [6.45, 7) is 11.1. The Morgan fingerprint density at radius 3 is 2.20 bits per heavy atom. The predicted octanol–water partition coefficient (Wildman–Crippen LogP) is 3.09. The van der Waals surface area contributed by atoms with E-state index in [4.69, 9.17) is 4.74 Å². The highest BCUT2D eigenvalue weighted by Gasteiger charge is 2.45. The molecule has 0 amide bonds. The van der Waals surface area contributed by atoms with Crippen molar-refractivity contribution in [3.05, 3.63) is 0 Å². The van der Waals surface area contributed by atoms with Gasteiger partial charge in [-0.3, -0.25) is 4.90 Å². The van der Waals surface area contributed by atoms with E-state index in [1.54, 1.807) is 0 Å². The monoisotopic (exact) mass is 325 g/mol. The van der Waals surface area contributed by atoms with Crippen molar-refractivity contribution in [1.82, 2.24) is 4.90 Å². The molecule has 0 spiro atoms. The van der Waals surface area contributed by atoms with E-state index in [1.165, 1.54) is 17.3 Å². The van der Waals surface area contributed by atoms with Gasteiger partial charge in [0.15, 0.2) is 0 Å². The van der Waals surface area contributed by atoms with Crippen LogP contribution in [0.2, 0.25) is 0 Å². The fraction of sp³-hybridized carbons (Fsp3) is 1.00. The Hall–Kier alpha value is 0.650. The fourth-order valence-electron chi connectivity index (χ4n) is 2.71. The molecule has 15 heavy (non-hydrogen) atoms. The summed E-state index contributed by atoms with van der Waals surface area (Å²) in [6.07, 6.45) is 2.55. The van der Waals surface area contributed by atoms with Gasteiger partial charge in [0.2, 0.25) is 0 Å². The van der Waals surface area contributed by atoms with E-state index >= 15 is 0 Å². The van der Waals surface area contributed by atoms with Crippen molar-refractivity contribution in [2.45, 2.75) is 58.2 Å². The van der Waals surface area contributed by atoms with Crippen LogP contribution in [-0.2, 0) is 4.74 Å². The number of ether oxygens (including phenoxy) is 1. The fourth-order valence-corrected chi connectivity index (χ4v) is 3.55. The van der Waals surface area contributed by atoms with E-state index in [0.717, 1.165) is 13.2 Å². The highest BCUT2D eigenvalue weighted by atomic mass is 127. The first-order valence-electron chi connectivity index (χ1n) is 5.99. The Bertz CT molecular complexity index is 187. The van der Waals surface area contributed by atoms with Crippen LogP contribution >= 0.6 is 22.6 Å². The minimum Gasteiger partial charge on any atom is -0.377 e. The van der Waals surface area contributed by atoms with Crippen LogP contribution in [0.5, 0.6) is 0 Å². The zero-order valence-corrected chi connectivity index (χ0v) is 12.6. The van der Waals surface area contributed by atoms with Crippen molar-refractivity contribution in [1.29, 1.82) is 0 Å². The molecule has 0 saturated carbocycles. The molecule has 0 aromatic rings. The number of rotatable bonds is 6. The lowest BCUT2D eigenvalue weighted by molar-refractivity contribution is -0.149. The molecule has 0 aromatic heterocycles. The zero-order chi connectivity index (χ0) is 11.5. The second-order valence-electron chi connectivity index (χ2n) is 4.99. The second-order valence-corrected chi connectivity index (χ2v) is 5.75. The van der Waals surface area contributed by atoms with Crippen LogP contribution in [0.3, 0.4) is 0 Å².